The molecule has 0 aromatic carbocycles. The second kappa shape index (κ2) is 2.89. The topological polar surface area (TPSA) is 45.0 Å². The summed E-state index contributed by atoms with van der Waals surface area (Å²) in [6, 6.07) is 0. The fourth-order valence-corrected chi connectivity index (χ4v) is 1.32. The molecule has 0 aromatic heterocycles. The third kappa shape index (κ3) is 1.15. The number of carbonyl (C=O) groups excluding carboxylic acids is 1. The molecule has 1 atom stereocenters. The summed E-state index contributed by atoms with van der Waals surface area (Å²) in [5.74, 6) is 0.218. The Bertz CT molecular complexity index is 280. The number of rotatable bonds is 1. The van der Waals surface area contributed by atoms with Gasteiger partial charge in [0.25, 0.3) is 0 Å². The van der Waals surface area contributed by atoms with Crippen LogP contribution in [0.4, 0.5) is 0 Å². The second-order valence-corrected chi connectivity index (χ2v) is 2.77. The Morgan fingerprint density at radius 3 is 3.42 bits per heavy atom. The molecule has 2 aliphatic heterocycles. The summed E-state index contributed by atoms with van der Waals surface area (Å²) in [6.07, 6.45) is 6.38. The highest BCUT2D eigenvalue weighted by atomic mass is 16.1. The molecule has 4 heteroatoms. The van der Waals surface area contributed by atoms with Crippen LogP contribution in [-0.4, -0.2) is 36.4 Å². The van der Waals surface area contributed by atoms with Crippen molar-refractivity contribution in [2.24, 2.45) is 15.9 Å². The summed E-state index contributed by atoms with van der Waals surface area (Å²) in [4.78, 5) is 20.3. The van der Waals surface area contributed by atoms with E-state index in [-0.39, 0.29) is 5.92 Å². The summed E-state index contributed by atoms with van der Waals surface area (Å²) in [5.41, 5.74) is 1.03. The van der Waals surface area contributed by atoms with E-state index in [9.17, 15) is 4.79 Å². The lowest BCUT2D eigenvalue weighted by atomic mass is 10.0. The monoisotopic (exact) mass is 163 g/mol. The molecular formula is C8H9N3O. The molecule has 2 heterocycles. The van der Waals surface area contributed by atoms with Crippen molar-refractivity contribution in [3.05, 3.63) is 12.3 Å². The molecule has 0 saturated heterocycles. The third-order valence-electron chi connectivity index (χ3n) is 1.97. The van der Waals surface area contributed by atoms with Crippen molar-refractivity contribution in [1.82, 2.24) is 4.90 Å². The minimum absolute atomic E-state index is 0.218. The van der Waals surface area contributed by atoms with Crippen molar-refractivity contribution in [2.75, 3.05) is 13.2 Å². The maximum atomic E-state index is 10.4. The van der Waals surface area contributed by atoms with Crippen LogP contribution in [0.25, 0.3) is 0 Å². The van der Waals surface area contributed by atoms with Crippen LogP contribution in [-0.2, 0) is 4.79 Å². The standard InChI is InChI=1S/C8H9N3O/c12-6-11-2-1-7-3-9-5-10-8(7)4-11/h1-3,6-7H,4-5H2. The predicted octanol–water partition coefficient (Wildman–Crippen LogP) is 0.0712. The molecule has 2 aliphatic rings. The van der Waals surface area contributed by atoms with Crippen LogP contribution in [0.3, 0.4) is 0 Å². The second-order valence-electron chi connectivity index (χ2n) is 2.77. The van der Waals surface area contributed by atoms with Gasteiger partial charge < -0.3 is 4.90 Å². The van der Waals surface area contributed by atoms with E-state index in [0.717, 1.165) is 12.1 Å². The number of allylic oxidation sites excluding steroid dienone is 1. The smallest absolute Gasteiger partial charge is 0.214 e. The lowest BCUT2D eigenvalue weighted by molar-refractivity contribution is -0.115. The van der Waals surface area contributed by atoms with Gasteiger partial charge in [-0.3, -0.25) is 14.8 Å². The lowest BCUT2D eigenvalue weighted by Crippen LogP contribution is -2.34. The molecule has 0 spiro atoms. The zero-order valence-corrected chi connectivity index (χ0v) is 6.55. The summed E-state index contributed by atoms with van der Waals surface area (Å²) in [6.45, 7) is 1.11. The van der Waals surface area contributed by atoms with Crippen LogP contribution < -0.4 is 0 Å². The van der Waals surface area contributed by atoms with Gasteiger partial charge in [-0.15, -0.1) is 0 Å². The summed E-state index contributed by atoms with van der Waals surface area (Å²) < 4.78 is 0. The van der Waals surface area contributed by atoms with Crippen molar-refractivity contribution in [3.63, 3.8) is 0 Å². The van der Waals surface area contributed by atoms with E-state index >= 15 is 0 Å². The molecule has 0 N–H and O–H groups in total. The molecule has 1 amide bonds. The Morgan fingerprint density at radius 1 is 1.67 bits per heavy atom. The first-order valence-corrected chi connectivity index (χ1v) is 3.82. The van der Waals surface area contributed by atoms with E-state index in [4.69, 9.17) is 0 Å². The molecule has 0 aliphatic carbocycles. The van der Waals surface area contributed by atoms with E-state index in [1.807, 2.05) is 12.3 Å². The molecule has 12 heavy (non-hydrogen) atoms. The predicted molar refractivity (Wildman–Crippen MR) is 46.2 cm³/mol. The molecule has 62 valence electrons. The largest absolute Gasteiger partial charge is 0.316 e. The Hall–Kier alpha value is -1.45. The van der Waals surface area contributed by atoms with Crippen LogP contribution in [0.1, 0.15) is 0 Å². The first-order valence-electron chi connectivity index (χ1n) is 3.82. The fourth-order valence-electron chi connectivity index (χ4n) is 1.32. The first-order chi connectivity index (χ1) is 5.90. The van der Waals surface area contributed by atoms with Gasteiger partial charge in [-0.25, -0.2) is 0 Å². The van der Waals surface area contributed by atoms with Gasteiger partial charge in [-0.1, -0.05) is 6.08 Å². The lowest BCUT2D eigenvalue weighted by Gasteiger charge is -2.24. The van der Waals surface area contributed by atoms with Gasteiger partial charge in [0, 0.05) is 18.1 Å². The maximum absolute atomic E-state index is 10.4. The number of nitrogens with zero attached hydrogens (tertiary/aromatic N) is 3. The van der Waals surface area contributed by atoms with Crippen LogP contribution in [0.15, 0.2) is 22.3 Å². The van der Waals surface area contributed by atoms with Gasteiger partial charge >= 0.3 is 0 Å². The molecule has 0 radical (unpaired) electrons. The summed E-state index contributed by atoms with van der Waals surface area (Å²) in [5, 5.41) is 0. The highest BCUT2D eigenvalue weighted by molar-refractivity contribution is 6.04. The minimum Gasteiger partial charge on any atom is -0.316 e. The Labute approximate surface area is 70.3 Å². The SMILES string of the molecule is O=CN1C=CC2C=NCN=C2C1. The van der Waals surface area contributed by atoms with E-state index in [0.29, 0.717) is 13.2 Å². The van der Waals surface area contributed by atoms with E-state index < -0.39 is 0 Å². The first kappa shape index (κ1) is 7.21. The van der Waals surface area contributed by atoms with Gasteiger partial charge in [0.1, 0.15) is 6.67 Å². The van der Waals surface area contributed by atoms with Crippen molar-refractivity contribution in [2.45, 2.75) is 0 Å². The van der Waals surface area contributed by atoms with Crippen LogP contribution in [0.5, 0.6) is 0 Å². The van der Waals surface area contributed by atoms with Gasteiger partial charge in [-0.2, -0.15) is 0 Å². The number of fused-ring (bicyclic) bond motifs is 1. The Kier molecular flexibility index (Phi) is 1.74. The molecule has 4 nitrogen and oxygen atoms in total. The maximum Gasteiger partial charge on any atom is 0.214 e. The van der Waals surface area contributed by atoms with Gasteiger partial charge in [0.05, 0.1) is 12.5 Å². The number of hydrogen-bond donors (Lipinski definition) is 0. The zero-order chi connectivity index (χ0) is 8.39. The fraction of sp³-hybridized carbons (Fsp3) is 0.375. The molecule has 2 rings (SSSR count). The van der Waals surface area contributed by atoms with Crippen LogP contribution >= 0.6 is 0 Å². The van der Waals surface area contributed by atoms with Crippen LogP contribution in [0, 0.1) is 5.92 Å². The minimum atomic E-state index is 0.218. The highest BCUT2D eigenvalue weighted by Gasteiger charge is 2.19. The molecule has 0 saturated carbocycles. The highest BCUT2D eigenvalue weighted by Crippen LogP contribution is 2.11. The number of hydrogen-bond acceptors (Lipinski definition) is 3. The van der Waals surface area contributed by atoms with Crippen molar-refractivity contribution < 1.29 is 4.79 Å². The number of carbonyl (C=O) groups is 1. The van der Waals surface area contributed by atoms with Crippen LogP contribution in [0.2, 0.25) is 0 Å². The van der Waals surface area contributed by atoms with Gasteiger partial charge in [0.15, 0.2) is 0 Å². The molecule has 0 aromatic rings. The van der Waals surface area contributed by atoms with Crippen molar-refractivity contribution in [3.8, 4) is 0 Å². The molecule has 0 fully saturated rings. The van der Waals surface area contributed by atoms with E-state index in [2.05, 4.69) is 9.98 Å². The van der Waals surface area contributed by atoms with Crippen molar-refractivity contribution in [1.29, 1.82) is 0 Å². The normalized spacial score (nSPS) is 26.5. The molecular weight excluding hydrogens is 154 g/mol. The van der Waals surface area contributed by atoms with Gasteiger partial charge in [-0.05, 0) is 0 Å². The van der Waals surface area contributed by atoms with Gasteiger partial charge in [0.2, 0.25) is 6.41 Å². The summed E-state index contributed by atoms with van der Waals surface area (Å²) >= 11 is 0. The summed E-state index contributed by atoms with van der Waals surface area (Å²) in [7, 11) is 0. The average Bonchev–Trinajstić information content (AvgIpc) is 2.17. The number of aliphatic imine (C=N–C) groups is 2. The van der Waals surface area contributed by atoms with E-state index in [1.165, 1.54) is 0 Å². The quantitative estimate of drug-likeness (QED) is 0.504. The Morgan fingerprint density at radius 2 is 2.58 bits per heavy atom. The Balaban J connectivity index is 2.22. The molecule has 0 bridgehead atoms. The average molecular weight is 163 g/mol. The van der Waals surface area contributed by atoms with E-state index in [1.54, 1.807) is 11.1 Å². The number of amides is 1. The zero-order valence-electron chi connectivity index (χ0n) is 6.55. The molecule has 1 unspecified atom stereocenters. The third-order valence-corrected chi connectivity index (χ3v) is 1.97. The van der Waals surface area contributed by atoms with Crippen molar-refractivity contribution >= 4 is 18.3 Å².